The van der Waals surface area contributed by atoms with Gasteiger partial charge in [0.05, 0.1) is 11.7 Å². The monoisotopic (exact) mass is 246 g/mol. The molecule has 0 saturated heterocycles. The minimum atomic E-state index is -3.45. The summed E-state index contributed by atoms with van der Waals surface area (Å²) >= 11 is 0. The third-order valence-electron chi connectivity index (χ3n) is 4.06. The van der Waals surface area contributed by atoms with E-state index in [0.717, 1.165) is 25.5 Å². The zero-order chi connectivity index (χ0) is 12.0. The lowest BCUT2D eigenvalue weighted by Gasteiger charge is -2.50. The largest absolute Gasteiger partial charge is 0.325 e. The molecule has 3 aliphatic carbocycles. The van der Waals surface area contributed by atoms with Crippen LogP contribution in [0.2, 0.25) is 0 Å². The van der Waals surface area contributed by atoms with Crippen LogP contribution in [-0.2, 0) is 14.8 Å². The van der Waals surface area contributed by atoms with Crippen molar-refractivity contribution >= 4 is 15.9 Å². The van der Waals surface area contributed by atoms with Crippen molar-refractivity contribution in [2.45, 2.75) is 44.1 Å². The van der Waals surface area contributed by atoms with Crippen molar-refractivity contribution in [3.05, 3.63) is 0 Å². The zero-order valence-corrected chi connectivity index (χ0v) is 10.3. The zero-order valence-electron chi connectivity index (χ0n) is 9.45. The smallest absolute Gasteiger partial charge is 0.239 e. The maximum absolute atomic E-state index is 12.0. The minimum absolute atomic E-state index is 0.104. The van der Waals surface area contributed by atoms with Gasteiger partial charge >= 0.3 is 0 Å². The number of hydrogen-bond acceptors (Lipinski definition) is 4. The standard InChI is InChI=1S/C10H18N2O3S/c1-16(14,15)12-8(13)9-2-5-10(11,6-3-9)7-4-9/h2-7,11H2,1H3,(H,12,13). The Kier molecular flexibility index (Phi) is 2.54. The van der Waals surface area contributed by atoms with Crippen LogP contribution < -0.4 is 10.5 Å². The highest BCUT2D eigenvalue weighted by Crippen LogP contribution is 2.51. The second kappa shape index (κ2) is 3.43. The summed E-state index contributed by atoms with van der Waals surface area (Å²) in [6.45, 7) is 0. The van der Waals surface area contributed by atoms with Crippen molar-refractivity contribution in [3.8, 4) is 0 Å². The molecule has 0 aromatic carbocycles. The van der Waals surface area contributed by atoms with Gasteiger partial charge in [-0.25, -0.2) is 8.42 Å². The Labute approximate surface area is 95.8 Å². The van der Waals surface area contributed by atoms with Crippen molar-refractivity contribution in [2.24, 2.45) is 11.1 Å². The number of nitrogens with one attached hydrogen (secondary N) is 1. The van der Waals surface area contributed by atoms with Gasteiger partial charge in [0.25, 0.3) is 0 Å². The number of nitrogens with two attached hydrogens (primary N) is 1. The number of amides is 1. The first-order valence-corrected chi connectivity index (χ1v) is 7.45. The van der Waals surface area contributed by atoms with E-state index < -0.39 is 15.4 Å². The molecule has 92 valence electrons. The predicted molar refractivity (Wildman–Crippen MR) is 60.0 cm³/mol. The van der Waals surface area contributed by atoms with E-state index in [1.54, 1.807) is 0 Å². The Balaban J connectivity index is 2.13. The van der Waals surface area contributed by atoms with Crippen molar-refractivity contribution in [1.82, 2.24) is 4.72 Å². The number of fused-ring (bicyclic) bond motifs is 3. The van der Waals surface area contributed by atoms with Gasteiger partial charge in [0.1, 0.15) is 0 Å². The number of carbonyl (C=O) groups excluding carboxylic acids is 1. The molecule has 3 aliphatic rings. The van der Waals surface area contributed by atoms with Crippen molar-refractivity contribution in [3.63, 3.8) is 0 Å². The van der Waals surface area contributed by atoms with Crippen LogP contribution in [0, 0.1) is 5.41 Å². The summed E-state index contributed by atoms with van der Waals surface area (Å²) in [5.41, 5.74) is 5.55. The van der Waals surface area contributed by atoms with E-state index in [4.69, 9.17) is 5.73 Å². The van der Waals surface area contributed by atoms with Gasteiger partial charge in [-0.05, 0) is 38.5 Å². The third kappa shape index (κ3) is 2.08. The van der Waals surface area contributed by atoms with Crippen molar-refractivity contribution in [2.75, 3.05) is 6.26 Å². The fourth-order valence-corrected chi connectivity index (χ4v) is 3.39. The second-order valence-corrected chi connectivity index (χ2v) is 7.09. The molecule has 2 bridgehead atoms. The van der Waals surface area contributed by atoms with Crippen LogP contribution in [0.3, 0.4) is 0 Å². The van der Waals surface area contributed by atoms with Gasteiger partial charge in [-0.3, -0.25) is 9.52 Å². The molecule has 3 saturated carbocycles. The Morgan fingerprint density at radius 1 is 1.12 bits per heavy atom. The molecule has 0 atom stereocenters. The first-order valence-electron chi connectivity index (χ1n) is 5.56. The summed E-state index contributed by atoms with van der Waals surface area (Å²) in [5, 5.41) is 0. The highest BCUT2D eigenvalue weighted by molar-refractivity contribution is 7.89. The molecule has 3 fully saturated rings. The quantitative estimate of drug-likeness (QED) is 0.724. The molecule has 0 aromatic rings. The average molecular weight is 246 g/mol. The number of sulfonamides is 1. The van der Waals surface area contributed by atoms with E-state index >= 15 is 0 Å². The van der Waals surface area contributed by atoms with Gasteiger partial charge in [-0.1, -0.05) is 0 Å². The van der Waals surface area contributed by atoms with Crippen LogP contribution in [0.5, 0.6) is 0 Å². The lowest BCUT2D eigenvalue weighted by molar-refractivity contribution is -0.135. The average Bonchev–Trinajstić information content (AvgIpc) is 2.16. The highest BCUT2D eigenvalue weighted by Gasteiger charge is 2.51. The lowest BCUT2D eigenvalue weighted by Crippen LogP contribution is -2.57. The van der Waals surface area contributed by atoms with Crippen LogP contribution in [0.25, 0.3) is 0 Å². The fourth-order valence-electron chi connectivity index (χ4n) is 2.83. The maximum Gasteiger partial charge on any atom is 0.239 e. The van der Waals surface area contributed by atoms with E-state index in [2.05, 4.69) is 4.72 Å². The van der Waals surface area contributed by atoms with Crippen LogP contribution in [0.15, 0.2) is 0 Å². The second-order valence-electron chi connectivity index (χ2n) is 5.35. The molecule has 3 N–H and O–H groups in total. The normalized spacial score (nSPS) is 38.4. The van der Waals surface area contributed by atoms with E-state index in [9.17, 15) is 13.2 Å². The Hall–Kier alpha value is -0.620. The van der Waals surface area contributed by atoms with Crippen molar-refractivity contribution in [1.29, 1.82) is 0 Å². The summed E-state index contributed by atoms with van der Waals surface area (Å²) in [6, 6.07) is 0. The Bertz CT molecular complexity index is 391. The molecule has 0 heterocycles. The summed E-state index contributed by atoms with van der Waals surface area (Å²) in [7, 11) is -3.45. The van der Waals surface area contributed by atoms with Gasteiger partial charge < -0.3 is 5.73 Å². The molecular weight excluding hydrogens is 228 g/mol. The molecule has 0 spiro atoms. The van der Waals surface area contributed by atoms with E-state index in [1.165, 1.54) is 0 Å². The number of carbonyl (C=O) groups is 1. The van der Waals surface area contributed by atoms with Crippen molar-refractivity contribution < 1.29 is 13.2 Å². The third-order valence-corrected chi connectivity index (χ3v) is 4.62. The van der Waals surface area contributed by atoms with Crippen LogP contribution in [-0.4, -0.2) is 26.1 Å². The van der Waals surface area contributed by atoms with Gasteiger partial charge in [-0.2, -0.15) is 0 Å². The molecular formula is C10H18N2O3S. The molecule has 16 heavy (non-hydrogen) atoms. The number of rotatable bonds is 2. The Morgan fingerprint density at radius 2 is 1.56 bits per heavy atom. The van der Waals surface area contributed by atoms with Gasteiger partial charge in [0, 0.05) is 5.54 Å². The fraction of sp³-hybridized carbons (Fsp3) is 0.900. The first-order chi connectivity index (χ1) is 7.25. The highest BCUT2D eigenvalue weighted by atomic mass is 32.2. The summed E-state index contributed by atoms with van der Waals surface area (Å²) in [4.78, 5) is 12.0. The van der Waals surface area contributed by atoms with Gasteiger partial charge in [-0.15, -0.1) is 0 Å². The lowest BCUT2D eigenvalue weighted by atomic mass is 9.57. The summed E-state index contributed by atoms with van der Waals surface area (Å²) < 4.78 is 24.2. The SMILES string of the molecule is CS(=O)(=O)NC(=O)C12CCC(N)(CC1)CC2. The first kappa shape index (κ1) is 11.9. The molecule has 0 radical (unpaired) electrons. The van der Waals surface area contributed by atoms with E-state index in [0.29, 0.717) is 19.3 Å². The Morgan fingerprint density at radius 3 is 1.94 bits per heavy atom. The minimum Gasteiger partial charge on any atom is -0.325 e. The molecule has 0 aromatic heterocycles. The van der Waals surface area contributed by atoms with Gasteiger partial charge in [0.15, 0.2) is 0 Å². The van der Waals surface area contributed by atoms with Crippen LogP contribution in [0.1, 0.15) is 38.5 Å². The molecule has 3 rings (SSSR count). The molecule has 0 unspecified atom stereocenters. The molecule has 0 aliphatic heterocycles. The molecule has 1 amide bonds. The van der Waals surface area contributed by atoms with Gasteiger partial charge in [0.2, 0.25) is 15.9 Å². The predicted octanol–water partition coefficient (Wildman–Crippen LogP) is 0.114. The number of hydrogen-bond donors (Lipinski definition) is 2. The molecule has 6 heteroatoms. The van der Waals surface area contributed by atoms with Crippen LogP contribution >= 0.6 is 0 Å². The van der Waals surface area contributed by atoms with Crippen LogP contribution in [0.4, 0.5) is 0 Å². The summed E-state index contributed by atoms with van der Waals surface area (Å²) in [6.07, 6.45) is 5.62. The van der Waals surface area contributed by atoms with E-state index in [1.807, 2.05) is 0 Å². The topological polar surface area (TPSA) is 89.3 Å². The summed E-state index contributed by atoms with van der Waals surface area (Å²) in [5.74, 6) is -0.336. The maximum atomic E-state index is 12.0. The molecule has 5 nitrogen and oxygen atoms in total. The van der Waals surface area contributed by atoms with E-state index in [-0.39, 0.29) is 11.4 Å².